The summed E-state index contributed by atoms with van der Waals surface area (Å²) in [6, 6.07) is 7.62. The first-order valence-corrected chi connectivity index (χ1v) is 6.30. The van der Waals surface area contributed by atoms with Crippen LogP contribution in [0.3, 0.4) is 0 Å². The molecule has 1 rings (SSSR count). The first kappa shape index (κ1) is 15.7. The SMILES string of the molecule is C#CCC(N)C(=O)N[C@@H](CCc1ccccc1)C(=O)O. The largest absolute Gasteiger partial charge is 0.480 e. The zero-order valence-corrected chi connectivity index (χ0v) is 11.1. The fourth-order valence-electron chi connectivity index (χ4n) is 1.71. The maximum absolute atomic E-state index is 11.7. The highest BCUT2D eigenvalue weighted by Gasteiger charge is 2.22. The van der Waals surface area contributed by atoms with Gasteiger partial charge in [-0.2, -0.15) is 0 Å². The van der Waals surface area contributed by atoms with Gasteiger partial charge in [0, 0.05) is 6.42 Å². The molecule has 0 aliphatic rings. The number of carboxylic acids is 1. The first-order chi connectivity index (χ1) is 9.54. The molecule has 0 aliphatic carbocycles. The standard InChI is InChI=1S/C15H18N2O3/c1-2-6-12(16)14(18)17-13(15(19)20)10-9-11-7-4-3-5-8-11/h1,3-5,7-8,12-13H,6,9-10,16H2,(H,17,18)(H,19,20)/t12?,13-/m0/s1. The van der Waals surface area contributed by atoms with E-state index in [1.807, 2.05) is 30.3 Å². The molecule has 0 aliphatic heterocycles. The quantitative estimate of drug-likeness (QED) is 0.633. The average Bonchev–Trinajstić information content (AvgIpc) is 2.44. The molecule has 5 heteroatoms. The van der Waals surface area contributed by atoms with Gasteiger partial charge in [-0.1, -0.05) is 30.3 Å². The van der Waals surface area contributed by atoms with Crippen molar-refractivity contribution in [2.75, 3.05) is 0 Å². The lowest BCUT2D eigenvalue weighted by Gasteiger charge is -2.16. The number of terminal acetylenes is 1. The Morgan fingerprint density at radius 2 is 2.00 bits per heavy atom. The minimum Gasteiger partial charge on any atom is -0.480 e. The normalized spacial score (nSPS) is 13.0. The van der Waals surface area contributed by atoms with Gasteiger partial charge >= 0.3 is 5.97 Å². The Hall–Kier alpha value is -2.32. The molecular formula is C15H18N2O3. The summed E-state index contributed by atoms with van der Waals surface area (Å²) in [6.45, 7) is 0. The second-order valence-corrected chi connectivity index (χ2v) is 4.44. The molecule has 0 spiro atoms. The summed E-state index contributed by atoms with van der Waals surface area (Å²) in [5, 5.41) is 11.5. The van der Waals surface area contributed by atoms with Crippen molar-refractivity contribution in [3.63, 3.8) is 0 Å². The van der Waals surface area contributed by atoms with E-state index in [1.165, 1.54) is 0 Å². The number of hydrogen-bond donors (Lipinski definition) is 3. The predicted molar refractivity (Wildman–Crippen MR) is 75.8 cm³/mol. The Bertz CT molecular complexity index is 494. The minimum atomic E-state index is -1.08. The molecule has 1 aromatic rings. The summed E-state index contributed by atoms with van der Waals surface area (Å²) in [4.78, 5) is 22.8. The molecule has 0 saturated carbocycles. The fraction of sp³-hybridized carbons (Fsp3) is 0.333. The average molecular weight is 274 g/mol. The maximum atomic E-state index is 11.7. The number of rotatable bonds is 7. The van der Waals surface area contributed by atoms with Crippen molar-refractivity contribution in [2.45, 2.75) is 31.3 Å². The Morgan fingerprint density at radius 3 is 2.55 bits per heavy atom. The summed E-state index contributed by atoms with van der Waals surface area (Å²) < 4.78 is 0. The Morgan fingerprint density at radius 1 is 1.35 bits per heavy atom. The predicted octanol–water partition coefficient (Wildman–Crippen LogP) is 0.539. The van der Waals surface area contributed by atoms with Crippen LogP contribution in [0, 0.1) is 12.3 Å². The van der Waals surface area contributed by atoms with Crippen molar-refractivity contribution in [2.24, 2.45) is 5.73 Å². The monoisotopic (exact) mass is 274 g/mol. The van der Waals surface area contributed by atoms with Crippen molar-refractivity contribution in [1.82, 2.24) is 5.32 Å². The van der Waals surface area contributed by atoms with E-state index in [-0.39, 0.29) is 6.42 Å². The van der Waals surface area contributed by atoms with E-state index in [2.05, 4.69) is 11.2 Å². The zero-order valence-electron chi connectivity index (χ0n) is 11.1. The van der Waals surface area contributed by atoms with Gasteiger partial charge in [0.05, 0.1) is 6.04 Å². The Labute approximate surface area is 118 Å². The topological polar surface area (TPSA) is 92.4 Å². The van der Waals surface area contributed by atoms with Gasteiger partial charge in [0.1, 0.15) is 6.04 Å². The number of nitrogens with two attached hydrogens (primary N) is 1. The maximum Gasteiger partial charge on any atom is 0.326 e. The summed E-state index contributed by atoms with van der Waals surface area (Å²) in [7, 11) is 0. The molecule has 0 heterocycles. The number of carboxylic acid groups (broad SMARTS) is 1. The van der Waals surface area contributed by atoms with Crippen LogP contribution in [0.2, 0.25) is 0 Å². The molecule has 4 N–H and O–H groups in total. The van der Waals surface area contributed by atoms with E-state index in [9.17, 15) is 9.59 Å². The van der Waals surface area contributed by atoms with Crippen LogP contribution < -0.4 is 11.1 Å². The van der Waals surface area contributed by atoms with Crippen molar-refractivity contribution in [1.29, 1.82) is 0 Å². The summed E-state index contributed by atoms with van der Waals surface area (Å²) in [6.07, 6.45) is 6.00. The van der Waals surface area contributed by atoms with Crippen molar-refractivity contribution < 1.29 is 14.7 Å². The van der Waals surface area contributed by atoms with E-state index in [4.69, 9.17) is 17.3 Å². The number of carbonyl (C=O) groups is 2. The molecule has 5 nitrogen and oxygen atoms in total. The lowest BCUT2D eigenvalue weighted by Crippen LogP contribution is -2.48. The van der Waals surface area contributed by atoms with Gasteiger partial charge in [-0.25, -0.2) is 4.79 Å². The van der Waals surface area contributed by atoms with Gasteiger partial charge in [-0.3, -0.25) is 4.79 Å². The van der Waals surface area contributed by atoms with Gasteiger partial charge in [0.15, 0.2) is 0 Å². The van der Waals surface area contributed by atoms with Crippen LogP contribution in [-0.4, -0.2) is 29.1 Å². The second-order valence-electron chi connectivity index (χ2n) is 4.44. The highest BCUT2D eigenvalue weighted by molar-refractivity contribution is 5.86. The second kappa shape index (κ2) is 7.97. The summed E-state index contributed by atoms with van der Waals surface area (Å²) >= 11 is 0. The molecule has 0 bridgehead atoms. The van der Waals surface area contributed by atoms with Crippen LogP contribution >= 0.6 is 0 Å². The van der Waals surface area contributed by atoms with Crippen molar-refractivity contribution in [3.05, 3.63) is 35.9 Å². The third kappa shape index (κ3) is 5.12. The molecule has 1 unspecified atom stereocenters. The fourth-order valence-corrected chi connectivity index (χ4v) is 1.71. The first-order valence-electron chi connectivity index (χ1n) is 6.30. The third-order valence-corrected chi connectivity index (χ3v) is 2.85. The third-order valence-electron chi connectivity index (χ3n) is 2.85. The van der Waals surface area contributed by atoms with E-state index < -0.39 is 24.0 Å². The van der Waals surface area contributed by atoms with Crippen LogP contribution in [0.4, 0.5) is 0 Å². The molecular weight excluding hydrogens is 256 g/mol. The van der Waals surface area contributed by atoms with Crippen LogP contribution in [-0.2, 0) is 16.0 Å². The van der Waals surface area contributed by atoms with Crippen LogP contribution in [0.25, 0.3) is 0 Å². The van der Waals surface area contributed by atoms with Gasteiger partial charge in [0.25, 0.3) is 0 Å². The molecule has 20 heavy (non-hydrogen) atoms. The Kier molecular flexibility index (Phi) is 6.27. The number of aryl methyl sites for hydroxylation is 1. The van der Waals surface area contributed by atoms with Crippen molar-refractivity contribution >= 4 is 11.9 Å². The summed E-state index contributed by atoms with van der Waals surface area (Å²) in [5.74, 6) is 0.656. The molecule has 0 radical (unpaired) electrons. The van der Waals surface area contributed by atoms with E-state index in [1.54, 1.807) is 0 Å². The van der Waals surface area contributed by atoms with Gasteiger partial charge in [0.2, 0.25) is 5.91 Å². The highest BCUT2D eigenvalue weighted by atomic mass is 16.4. The number of benzene rings is 1. The number of amides is 1. The van der Waals surface area contributed by atoms with E-state index in [0.717, 1.165) is 5.56 Å². The van der Waals surface area contributed by atoms with E-state index in [0.29, 0.717) is 12.8 Å². The van der Waals surface area contributed by atoms with Gasteiger partial charge < -0.3 is 16.2 Å². The highest BCUT2D eigenvalue weighted by Crippen LogP contribution is 2.05. The molecule has 0 aromatic heterocycles. The number of aliphatic carboxylic acids is 1. The van der Waals surface area contributed by atoms with Crippen LogP contribution in [0.5, 0.6) is 0 Å². The number of carbonyl (C=O) groups excluding carboxylic acids is 1. The van der Waals surface area contributed by atoms with Crippen molar-refractivity contribution in [3.8, 4) is 12.3 Å². The molecule has 1 aromatic carbocycles. The van der Waals surface area contributed by atoms with Crippen LogP contribution in [0.15, 0.2) is 30.3 Å². The lowest BCUT2D eigenvalue weighted by atomic mass is 10.0. The molecule has 0 fully saturated rings. The van der Waals surface area contributed by atoms with Gasteiger partial charge in [-0.15, -0.1) is 12.3 Å². The number of nitrogens with one attached hydrogen (secondary N) is 1. The minimum absolute atomic E-state index is 0.0802. The lowest BCUT2D eigenvalue weighted by molar-refractivity contribution is -0.142. The van der Waals surface area contributed by atoms with Gasteiger partial charge in [-0.05, 0) is 18.4 Å². The van der Waals surface area contributed by atoms with E-state index >= 15 is 0 Å². The molecule has 106 valence electrons. The smallest absolute Gasteiger partial charge is 0.326 e. The molecule has 2 atom stereocenters. The zero-order chi connectivity index (χ0) is 15.0. The molecule has 1 amide bonds. The Balaban J connectivity index is 2.55. The number of hydrogen-bond acceptors (Lipinski definition) is 3. The van der Waals surface area contributed by atoms with Crippen LogP contribution in [0.1, 0.15) is 18.4 Å². The molecule has 0 saturated heterocycles. The summed E-state index contributed by atoms with van der Waals surface area (Å²) in [5.41, 5.74) is 6.55.